The Morgan fingerprint density at radius 1 is 0.350 bits per heavy atom. The molecule has 0 aromatic rings. The number of aliphatic carboxylic acids is 5. The monoisotopic (exact) mass is 595 g/mol. The van der Waals surface area contributed by atoms with E-state index in [1.54, 1.807) is 0 Å². The van der Waals surface area contributed by atoms with E-state index < -0.39 is 90.6 Å². The van der Waals surface area contributed by atoms with Crippen LogP contribution in [0.2, 0.25) is 0 Å². The lowest BCUT2D eigenvalue weighted by Crippen LogP contribution is -2.39. The van der Waals surface area contributed by atoms with E-state index in [0.717, 1.165) is 0 Å². The molecule has 0 aromatic heterocycles. The van der Waals surface area contributed by atoms with Crippen molar-refractivity contribution < 1.29 is 75.0 Å². The summed E-state index contributed by atoms with van der Waals surface area (Å²) >= 11 is 0. The number of aliphatic hydroxyl groups excluding tert-OH is 5. The SMILES string of the molecule is C[C@@H](O)[C@H](N)C(=O)O.C[C@@H](O)[C@H](N)C(=O)O.C[C@@H](O)[C@H](N)C(=O)O.C[C@@H](O)[C@H](N)C(=O)O.C[C@@H](O)[C@H](N)C(=O)O. The van der Waals surface area contributed by atoms with E-state index in [4.69, 9.17) is 79.7 Å². The molecule has 20 heteroatoms. The minimum atomic E-state index is -1.18. The Morgan fingerprint density at radius 3 is 0.425 bits per heavy atom. The largest absolute Gasteiger partial charge is 0.480 e. The van der Waals surface area contributed by atoms with Crippen LogP contribution in [0.1, 0.15) is 34.6 Å². The Bertz CT molecular complexity index is 596. The summed E-state index contributed by atoms with van der Waals surface area (Å²) in [5.74, 6) is -5.90. The van der Waals surface area contributed by atoms with Gasteiger partial charge in [0.1, 0.15) is 30.2 Å². The summed E-state index contributed by atoms with van der Waals surface area (Å²) in [6.45, 7) is 6.66. The lowest BCUT2D eigenvalue weighted by atomic mass is 10.2. The normalized spacial score (nSPS) is 17.4. The number of rotatable bonds is 10. The highest BCUT2D eigenvalue weighted by Gasteiger charge is 2.18. The number of hydrogen-bond donors (Lipinski definition) is 15. The number of nitrogens with two attached hydrogens (primary N) is 5. The molecule has 0 bridgehead atoms. The molecule has 0 aliphatic heterocycles. The van der Waals surface area contributed by atoms with Crippen LogP contribution in [0.3, 0.4) is 0 Å². The lowest BCUT2D eigenvalue weighted by molar-refractivity contribution is -0.141. The molecule has 0 aliphatic carbocycles. The molecule has 0 spiro atoms. The summed E-state index contributed by atoms with van der Waals surface area (Å²) in [6.07, 6.45) is -4.90. The Hall–Kier alpha value is -3.05. The van der Waals surface area contributed by atoms with Crippen LogP contribution in [0.25, 0.3) is 0 Å². The number of aliphatic hydroxyl groups is 5. The summed E-state index contributed by atoms with van der Waals surface area (Å²) in [4.78, 5) is 49.3. The predicted octanol–water partition coefficient (Wildman–Crippen LogP) is -6.10. The molecule has 240 valence electrons. The van der Waals surface area contributed by atoms with Gasteiger partial charge < -0.3 is 79.7 Å². The van der Waals surface area contributed by atoms with E-state index in [-0.39, 0.29) is 0 Å². The maximum absolute atomic E-state index is 9.86. The zero-order chi connectivity index (χ0) is 33.7. The molecule has 0 heterocycles. The van der Waals surface area contributed by atoms with Crippen molar-refractivity contribution in [2.45, 2.75) is 95.3 Å². The minimum Gasteiger partial charge on any atom is -0.480 e. The van der Waals surface area contributed by atoms with Crippen LogP contribution in [0, 0.1) is 0 Å². The zero-order valence-corrected chi connectivity index (χ0v) is 22.7. The molecule has 0 amide bonds. The van der Waals surface area contributed by atoms with E-state index in [1.165, 1.54) is 34.6 Å². The third kappa shape index (κ3) is 29.5. The fraction of sp³-hybridized carbons (Fsp3) is 0.750. The van der Waals surface area contributed by atoms with Gasteiger partial charge in [-0.2, -0.15) is 0 Å². The summed E-state index contributed by atoms with van der Waals surface area (Å²) in [6, 6.07) is -5.79. The van der Waals surface area contributed by atoms with Gasteiger partial charge in [0, 0.05) is 0 Å². The first kappa shape index (κ1) is 46.8. The fourth-order valence-electron chi connectivity index (χ4n) is 1.03. The maximum Gasteiger partial charge on any atom is 0.323 e. The van der Waals surface area contributed by atoms with Crippen molar-refractivity contribution in [2.24, 2.45) is 28.7 Å². The smallest absolute Gasteiger partial charge is 0.323 e. The van der Waals surface area contributed by atoms with Crippen LogP contribution in [-0.4, -0.2) is 142 Å². The van der Waals surface area contributed by atoms with Crippen LogP contribution < -0.4 is 28.7 Å². The van der Waals surface area contributed by atoms with Gasteiger partial charge in [0.25, 0.3) is 0 Å². The average Bonchev–Trinajstić information content (AvgIpc) is 2.82. The third-order valence-electron chi connectivity index (χ3n) is 4.02. The van der Waals surface area contributed by atoms with Crippen molar-refractivity contribution >= 4 is 29.8 Å². The highest BCUT2D eigenvalue weighted by molar-refractivity contribution is 5.75. The Balaban J connectivity index is -0.000000128. The molecule has 0 saturated heterocycles. The van der Waals surface area contributed by atoms with Gasteiger partial charge in [0.2, 0.25) is 0 Å². The molecule has 0 radical (unpaired) electrons. The summed E-state index contributed by atoms with van der Waals surface area (Å²) in [5.41, 5.74) is 24.5. The van der Waals surface area contributed by atoms with Gasteiger partial charge in [0.15, 0.2) is 0 Å². The Labute approximate surface area is 229 Å². The van der Waals surface area contributed by atoms with E-state index in [1.807, 2.05) is 0 Å². The predicted molar refractivity (Wildman–Crippen MR) is 136 cm³/mol. The van der Waals surface area contributed by atoms with Crippen LogP contribution in [0.4, 0.5) is 0 Å². The summed E-state index contributed by atoms with van der Waals surface area (Å²) in [5, 5.41) is 82.8. The summed E-state index contributed by atoms with van der Waals surface area (Å²) in [7, 11) is 0. The number of carboxylic acids is 5. The van der Waals surface area contributed by atoms with Gasteiger partial charge in [-0.05, 0) is 34.6 Å². The number of carbonyl (C=O) groups is 5. The number of hydrogen-bond acceptors (Lipinski definition) is 15. The van der Waals surface area contributed by atoms with Gasteiger partial charge >= 0.3 is 29.8 Å². The Morgan fingerprint density at radius 2 is 0.425 bits per heavy atom. The molecule has 0 rings (SSSR count). The Kier molecular flexibility index (Phi) is 29.2. The van der Waals surface area contributed by atoms with E-state index in [0.29, 0.717) is 0 Å². The van der Waals surface area contributed by atoms with Crippen LogP contribution in [0.5, 0.6) is 0 Å². The molecule has 0 aromatic carbocycles. The highest BCUT2D eigenvalue weighted by atomic mass is 16.4. The molecular formula is C20H45N5O15. The zero-order valence-electron chi connectivity index (χ0n) is 22.7. The lowest BCUT2D eigenvalue weighted by Gasteiger charge is -2.07. The van der Waals surface area contributed by atoms with E-state index in [9.17, 15) is 24.0 Å². The second kappa shape index (κ2) is 25.0. The van der Waals surface area contributed by atoms with Gasteiger partial charge in [0.05, 0.1) is 30.5 Å². The first-order chi connectivity index (χ1) is 17.8. The van der Waals surface area contributed by atoms with Crippen LogP contribution in [0.15, 0.2) is 0 Å². The van der Waals surface area contributed by atoms with Crippen molar-refractivity contribution in [1.29, 1.82) is 0 Å². The molecule has 20 N–H and O–H groups in total. The maximum atomic E-state index is 9.86. The fourth-order valence-corrected chi connectivity index (χ4v) is 1.03. The molecular weight excluding hydrogens is 550 g/mol. The second-order valence-electron chi connectivity index (χ2n) is 8.02. The molecule has 10 atom stereocenters. The van der Waals surface area contributed by atoms with Crippen molar-refractivity contribution in [3.8, 4) is 0 Å². The molecule has 20 nitrogen and oxygen atoms in total. The molecule has 0 aliphatic rings. The van der Waals surface area contributed by atoms with E-state index >= 15 is 0 Å². The minimum absolute atomic E-state index is 0.979. The molecule has 0 fully saturated rings. The summed E-state index contributed by atoms with van der Waals surface area (Å²) < 4.78 is 0. The third-order valence-corrected chi connectivity index (χ3v) is 4.02. The quantitative estimate of drug-likeness (QED) is 0.112. The van der Waals surface area contributed by atoms with Gasteiger partial charge in [-0.1, -0.05) is 0 Å². The van der Waals surface area contributed by atoms with Crippen molar-refractivity contribution in [1.82, 2.24) is 0 Å². The van der Waals surface area contributed by atoms with Gasteiger partial charge in [-0.3, -0.25) is 24.0 Å². The number of carboxylic acid groups (broad SMARTS) is 5. The second-order valence-corrected chi connectivity index (χ2v) is 8.02. The van der Waals surface area contributed by atoms with Crippen LogP contribution >= 0.6 is 0 Å². The van der Waals surface area contributed by atoms with Gasteiger partial charge in [-0.25, -0.2) is 0 Å². The van der Waals surface area contributed by atoms with Crippen molar-refractivity contribution in [3.63, 3.8) is 0 Å². The molecule has 40 heavy (non-hydrogen) atoms. The van der Waals surface area contributed by atoms with Gasteiger partial charge in [-0.15, -0.1) is 0 Å². The standard InChI is InChI=1S/5C4H9NO3/c5*1-2(6)3(5)4(7)8/h5*2-3,6H,5H2,1H3,(H,7,8)/t5*2-,3+/m11111/s1. The van der Waals surface area contributed by atoms with Crippen molar-refractivity contribution in [2.75, 3.05) is 0 Å². The topological polar surface area (TPSA) is 418 Å². The highest BCUT2D eigenvalue weighted by Crippen LogP contribution is 1.88. The van der Waals surface area contributed by atoms with Crippen LogP contribution in [-0.2, 0) is 24.0 Å². The van der Waals surface area contributed by atoms with Crippen molar-refractivity contribution in [3.05, 3.63) is 0 Å². The first-order valence-corrected chi connectivity index (χ1v) is 11.1. The first-order valence-electron chi connectivity index (χ1n) is 11.1. The molecule has 0 unspecified atom stereocenters. The molecule has 0 saturated carbocycles. The average molecular weight is 596 g/mol. The van der Waals surface area contributed by atoms with E-state index in [2.05, 4.69) is 0 Å².